The number of ether oxygens (including phenoxy) is 2. The summed E-state index contributed by atoms with van der Waals surface area (Å²) in [6, 6.07) is 4.91. The van der Waals surface area contributed by atoms with Gasteiger partial charge in [-0.1, -0.05) is 12.1 Å². The maximum atomic E-state index is 11.9. The predicted octanol–water partition coefficient (Wildman–Crippen LogP) is 2.26. The largest absolute Gasteiger partial charge is 0.573 e. The summed E-state index contributed by atoms with van der Waals surface area (Å²) in [6.07, 6.45) is -4.77. The molecular weight excluding hydrogens is 265 g/mol. The average molecular weight is 276 g/mol. The van der Waals surface area contributed by atoms with Crippen LogP contribution in [-0.4, -0.2) is 24.7 Å². The molecule has 0 bridgehead atoms. The number of hydrogen-bond donors (Lipinski definition) is 0. The molecule has 0 aliphatic carbocycles. The first-order valence-electron chi connectivity index (χ1n) is 5.26. The minimum atomic E-state index is -4.74. The number of ketones is 1. The number of carbonyl (C=O) groups is 2. The van der Waals surface area contributed by atoms with Crippen LogP contribution in [0.3, 0.4) is 0 Å². The molecule has 0 unspecified atom stereocenters. The molecule has 0 spiro atoms. The number of esters is 1. The lowest BCUT2D eigenvalue weighted by Gasteiger charge is -2.09. The van der Waals surface area contributed by atoms with Crippen molar-refractivity contribution in [3.8, 4) is 5.75 Å². The molecule has 1 aromatic rings. The monoisotopic (exact) mass is 276 g/mol. The minimum Gasteiger partial charge on any atom is -0.458 e. The molecule has 0 N–H and O–H groups in total. The van der Waals surface area contributed by atoms with E-state index in [4.69, 9.17) is 0 Å². The number of alkyl halides is 3. The summed E-state index contributed by atoms with van der Waals surface area (Å²) >= 11 is 0. The van der Waals surface area contributed by atoms with Gasteiger partial charge in [0.05, 0.1) is 0 Å². The number of halogens is 3. The summed E-state index contributed by atoms with van der Waals surface area (Å²) in [5.74, 6) is -1.27. The molecule has 4 nitrogen and oxygen atoms in total. The molecule has 19 heavy (non-hydrogen) atoms. The van der Waals surface area contributed by atoms with Crippen LogP contribution in [0.1, 0.15) is 12.5 Å². The Hall–Kier alpha value is -2.05. The Kier molecular flexibility index (Phi) is 4.91. The molecule has 1 aromatic carbocycles. The second-order valence-corrected chi connectivity index (χ2v) is 3.69. The van der Waals surface area contributed by atoms with E-state index in [2.05, 4.69) is 9.47 Å². The second kappa shape index (κ2) is 6.21. The fourth-order valence-electron chi connectivity index (χ4n) is 1.27. The van der Waals surface area contributed by atoms with Crippen molar-refractivity contribution in [1.82, 2.24) is 0 Å². The van der Waals surface area contributed by atoms with Crippen molar-refractivity contribution in [1.29, 1.82) is 0 Å². The smallest absolute Gasteiger partial charge is 0.458 e. The Labute approximate surface area is 107 Å². The summed E-state index contributed by atoms with van der Waals surface area (Å²) in [6.45, 7) is 0.826. The quantitative estimate of drug-likeness (QED) is 0.774. The molecular formula is C12H11F3O4. The Bertz CT molecular complexity index is 451. The van der Waals surface area contributed by atoms with Gasteiger partial charge >= 0.3 is 12.3 Å². The molecule has 0 atom stereocenters. The van der Waals surface area contributed by atoms with E-state index in [0.29, 0.717) is 5.56 Å². The lowest BCUT2D eigenvalue weighted by molar-refractivity contribution is -0.274. The highest BCUT2D eigenvalue weighted by molar-refractivity contribution is 5.83. The van der Waals surface area contributed by atoms with Gasteiger partial charge < -0.3 is 9.47 Å². The summed E-state index contributed by atoms with van der Waals surface area (Å²) in [5.41, 5.74) is 0.506. The molecule has 0 aromatic heterocycles. The van der Waals surface area contributed by atoms with Crippen LogP contribution < -0.4 is 4.74 Å². The van der Waals surface area contributed by atoms with Gasteiger partial charge in [-0.25, -0.2) is 0 Å². The molecule has 0 radical (unpaired) electrons. The molecule has 0 saturated carbocycles. The third-order valence-electron chi connectivity index (χ3n) is 1.99. The highest BCUT2D eigenvalue weighted by Crippen LogP contribution is 2.22. The molecule has 0 heterocycles. The Morgan fingerprint density at radius 3 is 2.21 bits per heavy atom. The molecule has 0 saturated heterocycles. The zero-order valence-electron chi connectivity index (χ0n) is 9.99. The van der Waals surface area contributed by atoms with Crippen LogP contribution in [0.4, 0.5) is 13.2 Å². The van der Waals surface area contributed by atoms with Gasteiger partial charge in [0.25, 0.3) is 0 Å². The van der Waals surface area contributed by atoms with Gasteiger partial charge in [-0.2, -0.15) is 0 Å². The summed E-state index contributed by atoms with van der Waals surface area (Å²) in [5, 5.41) is 0. The van der Waals surface area contributed by atoms with E-state index < -0.39 is 12.3 Å². The molecule has 1 rings (SSSR count). The third kappa shape index (κ3) is 6.44. The maximum absolute atomic E-state index is 11.9. The molecule has 7 heteroatoms. The number of benzene rings is 1. The number of hydrogen-bond acceptors (Lipinski definition) is 4. The van der Waals surface area contributed by atoms with Crippen LogP contribution in [0.25, 0.3) is 0 Å². The third-order valence-corrected chi connectivity index (χ3v) is 1.99. The van der Waals surface area contributed by atoms with Crippen molar-refractivity contribution in [2.45, 2.75) is 19.7 Å². The van der Waals surface area contributed by atoms with Crippen LogP contribution in [0.2, 0.25) is 0 Å². The van der Waals surface area contributed by atoms with Gasteiger partial charge in [0.15, 0.2) is 5.78 Å². The molecule has 0 fully saturated rings. The Balaban J connectivity index is 2.52. The van der Waals surface area contributed by atoms with E-state index in [9.17, 15) is 22.8 Å². The molecule has 0 amide bonds. The number of Topliss-reactive ketones (excluding diaryl/α,β-unsaturated/α-hetero) is 1. The zero-order valence-corrected chi connectivity index (χ0v) is 9.99. The van der Waals surface area contributed by atoms with Crippen molar-refractivity contribution in [2.75, 3.05) is 6.61 Å². The number of rotatable bonds is 5. The van der Waals surface area contributed by atoms with Gasteiger partial charge in [-0.3, -0.25) is 9.59 Å². The molecule has 0 aliphatic rings. The van der Waals surface area contributed by atoms with Crippen LogP contribution in [0, 0.1) is 0 Å². The van der Waals surface area contributed by atoms with Gasteiger partial charge in [0, 0.05) is 13.3 Å². The normalized spacial score (nSPS) is 10.9. The second-order valence-electron chi connectivity index (χ2n) is 3.69. The van der Waals surface area contributed by atoms with Crippen LogP contribution in [-0.2, 0) is 20.7 Å². The van der Waals surface area contributed by atoms with Gasteiger partial charge in [-0.15, -0.1) is 13.2 Å². The van der Waals surface area contributed by atoms with E-state index in [-0.39, 0.29) is 24.6 Å². The number of carbonyl (C=O) groups excluding carboxylic acids is 2. The lowest BCUT2D eigenvalue weighted by atomic mass is 10.1. The predicted molar refractivity (Wildman–Crippen MR) is 58.5 cm³/mol. The topological polar surface area (TPSA) is 52.6 Å². The van der Waals surface area contributed by atoms with Gasteiger partial charge in [-0.05, 0) is 17.7 Å². The first kappa shape index (κ1) is 15.0. The van der Waals surface area contributed by atoms with Crippen molar-refractivity contribution < 1.29 is 32.2 Å². The SMILES string of the molecule is CC(=O)OCC(=O)Cc1ccc(OC(F)(F)F)cc1. The minimum absolute atomic E-state index is 0.0282. The van der Waals surface area contributed by atoms with Crippen molar-refractivity contribution >= 4 is 11.8 Å². The summed E-state index contributed by atoms with van der Waals surface area (Å²) < 4.78 is 43.9. The maximum Gasteiger partial charge on any atom is 0.573 e. The summed E-state index contributed by atoms with van der Waals surface area (Å²) in [7, 11) is 0. The highest BCUT2D eigenvalue weighted by Gasteiger charge is 2.30. The Morgan fingerprint density at radius 1 is 1.16 bits per heavy atom. The fourth-order valence-corrected chi connectivity index (χ4v) is 1.27. The zero-order chi connectivity index (χ0) is 14.5. The van der Waals surface area contributed by atoms with Crippen molar-refractivity contribution in [3.05, 3.63) is 29.8 Å². The molecule has 104 valence electrons. The highest BCUT2D eigenvalue weighted by atomic mass is 19.4. The van der Waals surface area contributed by atoms with Gasteiger partial charge in [0.1, 0.15) is 12.4 Å². The average Bonchev–Trinajstić information content (AvgIpc) is 2.27. The van der Waals surface area contributed by atoms with Crippen molar-refractivity contribution in [2.24, 2.45) is 0 Å². The van der Waals surface area contributed by atoms with Crippen LogP contribution >= 0.6 is 0 Å². The first-order chi connectivity index (χ1) is 8.76. The molecule has 0 aliphatic heterocycles. The fraction of sp³-hybridized carbons (Fsp3) is 0.333. The lowest BCUT2D eigenvalue weighted by Crippen LogP contribution is -2.17. The van der Waals surface area contributed by atoms with Crippen LogP contribution in [0.15, 0.2) is 24.3 Å². The van der Waals surface area contributed by atoms with Crippen LogP contribution in [0.5, 0.6) is 5.75 Å². The van der Waals surface area contributed by atoms with E-state index in [0.717, 1.165) is 12.1 Å². The van der Waals surface area contributed by atoms with E-state index in [1.54, 1.807) is 0 Å². The Morgan fingerprint density at radius 2 is 1.74 bits per heavy atom. The van der Waals surface area contributed by atoms with Gasteiger partial charge in [0.2, 0.25) is 0 Å². The van der Waals surface area contributed by atoms with Crippen molar-refractivity contribution in [3.63, 3.8) is 0 Å². The summed E-state index contributed by atoms with van der Waals surface area (Å²) in [4.78, 5) is 21.8. The van der Waals surface area contributed by atoms with E-state index in [1.165, 1.54) is 19.1 Å². The standard InChI is InChI=1S/C12H11F3O4/c1-8(16)18-7-10(17)6-9-2-4-11(5-3-9)19-12(13,14)15/h2-5H,6-7H2,1H3. The van der Waals surface area contributed by atoms with E-state index >= 15 is 0 Å². The van der Waals surface area contributed by atoms with E-state index in [1.807, 2.05) is 0 Å². The first-order valence-corrected chi connectivity index (χ1v) is 5.26.